The Kier molecular flexibility index (Phi) is 43.8. The average molecular weight is 707 g/mol. The van der Waals surface area contributed by atoms with Crippen molar-refractivity contribution in [3.8, 4) is 0 Å². The van der Waals surface area contributed by atoms with Crippen molar-refractivity contribution < 1.29 is 9.59 Å². The van der Waals surface area contributed by atoms with E-state index in [2.05, 4.69) is 39.5 Å². The average Bonchev–Trinajstić information content (AvgIpc) is 3.13. The fourth-order valence-electron chi connectivity index (χ4n) is 7.05. The van der Waals surface area contributed by atoms with Gasteiger partial charge in [0.25, 0.3) is 0 Å². The molecule has 0 aliphatic rings. The minimum atomic E-state index is -0.220. The summed E-state index contributed by atoms with van der Waals surface area (Å²) in [6.45, 7) is 15.4. The lowest BCUT2D eigenvalue weighted by Crippen LogP contribution is -2.42. The van der Waals surface area contributed by atoms with Gasteiger partial charge in [-0.15, -0.1) is 0 Å². The summed E-state index contributed by atoms with van der Waals surface area (Å²) in [5.74, 6) is 0.753. The number of nitrogens with two attached hydrogens (primary N) is 1. The third-order valence-corrected chi connectivity index (χ3v) is 10.7. The van der Waals surface area contributed by atoms with Crippen molar-refractivity contribution in [3.05, 3.63) is 0 Å². The smallest absolute Gasteiger partial charge is 0.149 e. The van der Waals surface area contributed by atoms with Crippen molar-refractivity contribution in [2.24, 2.45) is 5.73 Å². The topological polar surface area (TPSA) is 63.4 Å². The molecule has 0 rings (SSSR count). The van der Waals surface area contributed by atoms with Gasteiger partial charge in [-0.25, -0.2) is 0 Å². The van der Waals surface area contributed by atoms with Crippen LogP contribution in [0.5, 0.6) is 0 Å². The summed E-state index contributed by atoms with van der Waals surface area (Å²) in [7, 11) is 0. The van der Waals surface area contributed by atoms with E-state index in [1.807, 2.05) is 6.92 Å². The van der Waals surface area contributed by atoms with Crippen molar-refractivity contribution in [3.63, 3.8) is 0 Å². The van der Waals surface area contributed by atoms with Gasteiger partial charge in [-0.3, -0.25) is 14.5 Å². The van der Waals surface area contributed by atoms with Crippen LogP contribution in [0.15, 0.2) is 0 Å². The molecule has 0 amide bonds. The summed E-state index contributed by atoms with van der Waals surface area (Å²) >= 11 is 0. The Labute approximate surface area is 316 Å². The number of unbranched alkanes of at least 4 members (excludes halogenated alkanes) is 26. The highest BCUT2D eigenvalue weighted by molar-refractivity contribution is 5.84. The number of rotatable bonds is 39. The first kappa shape index (κ1) is 51.4. The number of hydrogen-bond donors (Lipinski definition) is 1. The Balaban J connectivity index is 0. The van der Waals surface area contributed by atoms with E-state index in [9.17, 15) is 9.59 Å². The predicted octanol–water partition coefficient (Wildman–Crippen LogP) is 14.5. The first-order chi connectivity index (χ1) is 24.4. The lowest BCUT2D eigenvalue weighted by atomic mass is 10.00. The number of nitrogens with zero attached hydrogens (tertiary/aromatic N) is 1. The molecule has 2 unspecified atom stereocenters. The molecule has 2 N–H and O–H groups in total. The van der Waals surface area contributed by atoms with Gasteiger partial charge in [0.05, 0.1) is 12.1 Å². The van der Waals surface area contributed by atoms with Crippen LogP contribution in [0.2, 0.25) is 0 Å². The van der Waals surface area contributed by atoms with E-state index in [1.54, 1.807) is 0 Å². The summed E-state index contributed by atoms with van der Waals surface area (Å²) in [6.07, 6.45) is 43.3. The van der Waals surface area contributed by atoms with E-state index >= 15 is 0 Å². The van der Waals surface area contributed by atoms with E-state index in [0.29, 0.717) is 12.2 Å². The number of carbonyl (C=O) groups excluding carboxylic acids is 2. The molecule has 0 heterocycles. The van der Waals surface area contributed by atoms with Gasteiger partial charge in [0.1, 0.15) is 11.6 Å². The van der Waals surface area contributed by atoms with Crippen molar-refractivity contribution in [2.45, 2.75) is 272 Å². The zero-order valence-corrected chi connectivity index (χ0v) is 35.5. The highest BCUT2D eigenvalue weighted by Crippen LogP contribution is 2.17. The van der Waals surface area contributed by atoms with Crippen LogP contribution < -0.4 is 5.73 Å². The van der Waals surface area contributed by atoms with Crippen LogP contribution in [0.25, 0.3) is 0 Å². The molecule has 0 aromatic carbocycles. The van der Waals surface area contributed by atoms with Crippen LogP contribution >= 0.6 is 0 Å². The minimum absolute atomic E-state index is 0.172. The fraction of sp³-hybridized carbons (Fsp3) is 0.957. The summed E-state index contributed by atoms with van der Waals surface area (Å²) in [5, 5.41) is 0. The van der Waals surface area contributed by atoms with Gasteiger partial charge in [0.15, 0.2) is 0 Å². The predicted molar refractivity (Wildman–Crippen MR) is 224 cm³/mol. The fourth-order valence-corrected chi connectivity index (χ4v) is 7.05. The van der Waals surface area contributed by atoms with Crippen LogP contribution in [-0.4, -0.2) is 41.6 Å². The maximum atomic E-state index is 12.8. The molecule has 2 atom stereocenters. The highest BCUT2D eigenvalue weighted by atomic mass is 16.1. The van der Waals surface area contributed by atoms with E-state index in [0.717, 1.165) is 45.2 Å². The quantitative estimate of drug-likeness (QED) is 0.0646. The molecular weight excluding hydrogens is 613 g/mol. The molecule has 0 aromatic heterocycles. The van der Waals surface area contributed by atoms with Crippen molar-refractivity contribution in [2.75, 3.05) is 13.1 Å². The summed E-state index contributed by atoms with van der Waals surface area (Å²) in [5.41, 5.74) is 5.71. The van der Waals surface area contributed by atoms with Gasteiger partial charge in [-0.1, -0.05) is 208 Å². The van der Waals surface area contributed by atoms with E-state index in [4.69, 9.17) is 5.73 Å². The molecule has 0 aliphatic carbocycles. The molecule has 0 fully saturated rings. The molecule has 0 aromatic rings. The number of ketones is 2. The summed E-state index contributed by atoms with van der Waals surface area (Å²) < 4.78 is 0. The highest BCUT2D eigenvalue weighted by Gasteiger charge is 2.22. The van der Waals surface area contributed by atoms with Crippen molar-refractivity contribution >= 4 is 11.6 Å². The van der Waals surface area contributed by atoms with Gasteiger partial charge in [-0.05, 0) is 51.6 Å². The molecule has 0 bridgehead atoms. The third kappa shape index (κ3) is 35.7. The van der Waals surface area contributed by atoms with Gasteiger partial charge >= 0.3 is 0 Å². The Hall–Kier alpha value is -0.740. The van der Waals surface area contributed by atoms with E-state index in [-0.39, 0.29) is 17.9 Å². The second-order valence-corrected chi connectivity index (χ2v) is 15.6. The number of carbonyl (C=O) groups is 2. The van der Waals surface area contributed by atoms with Crippen LogP contribution in [0.1, 0.15) is 260 Å². The SMILES string of the molecule is CCCCCCCCCCCCCCCC(=O)C(CC)N(CCCC)CCCC.CCCCCCCCCCCCCCCC(=O)C(N)CC. The maximum Gasteiger partial charge on any atom is 0.149 e. The van der Waals surface area contributed by atoms with E-state index in [1.165, 1.54) is 180 Å². The number of hydrogen-bond acceptors (Lipinski definition) is 4. The lowest BCUT2D eigenvalue weighted by Gasteiger charge is -2.30. The second-order valence-electron chi connectivity index (χ2n) is 15.6. The van der Waals surface area contributed by atoms with Crippen LogP contribution in [0, 0.1) is 0 Å². The molecule has 0 aliphatic heterocycles. The van der Waals surface area contributed by atoms with Gasteiger partial charge < -0.3 is 5.73 Å². The zero-order valence-electron chi connectivity index (χ0n) is 35.5. The summed E-state index contributed by atoms with van der Waals surface area (Å²) in [6, 6.07) is -0.0484. The second kappa shape index (κ2) is 42.7. The molecular formula is C46H94N2O2. The number of Topliss-reactive ketones (excluding diaryl/α,β-unsaturated/α-hetero) is 2. The van der Waals surface area contributed by atoms with Gasteiger partial charge in [-0.2, -0.15) is 0 Å². The Morgan fingerprint density at radius 3 is 0.940 bits per heavy atom. The minimum Gasteiger partial charge on any atom is -0.322 e. The Morgan fingerprint density at radius 2 is 0.660 bits per heavy atom. The van der Waals surface area contributed by atoms with Gasteiger partial charge in [0, 0.05) is 12.8 Å². The monoisotopic (exact) mass is 707 g/mol. The van der Waals surface area contributed by atoms with Crippen molar-refractivity contribution in [1.82, 2.24) is 4.90 Å². The molecule has 50 heavy (non-hydrogen) atoms. The third-order valence-electron chi connectivity index (χ3n) is 10.7. The van der Waals surface area contributed by atoms with Crippen LogP contribution in [0.4, 0.5) is 0 Å². The van der Waals surface area contributed by atoms with E-state index < -0.39 is 0 Å². The molecule has 0 spiro atoms. The zero-order chi connectivity index (χ0) is 37.3. The van der Waals surface area contributed by atoms with Gasteiger partial charge in [0.2, 0.25) is 0 Å². The van der Waals surface area contributed by atoms with Crippen LogP contribution in [-0.2, 0) is 9.59 Å². The maximum absolute atomic E-state index is 12.8. The normalized spacial score (nSPS) is 12.6. The molecule has 0 radical (unpaired) electrons. The molecule has 4 nitrogen and oxygen atoms in total. The Bertz CT molecular complexity index is 673. The largest absolute Gasteiger partial charge is 0.322 e. The molecule has 0 saturated heterocycles. The van der Waals surface area contributed by atoms with Crippen LogP contribution in [0.3, 0.4) is 0 Å². The molecule has 4 heteroatoms. The first-order valence-corrected chi connectivity index (χ1v) is 23.0. The lowest BCUT2D eigenvalue weighted by molar-refractivity contribution is -0.124. The first-order valence-electron chi connectivity index (χ1n) is 23.0. The summed E-state index contributed by atoms with van der Waals surface area (Å²) in [4.78, 5) is 26.8. The Morgan fingerprint density at radius 1 is 0.380 bits per heavy atom. The standard InChI is InChI=1S/C27H55NO.C19H39NO/c1-5-9-12-13-14-15-16-17-18-19-20-21-22-23-27(29)26(8-4)28(24-10-6-2)25-11-7-3;1-3-5-6-7-8-9-10-11-12-13-14-15-16-17-19(21)18(20)4-2/h26H,5-25H2,1-4H3;18H,3-17,20H2,1-2H3. The molecule has 0 saturated carbocycles. The molecule has 300 valence electrons. The van der Waals surface area contributed by atoms with Crippen molar-refractivity contribution in [1.29, 1.82) is 0 Å².